The highest BCUT2D eigenvalue weighted by atomic mass is 16.7. The zero-order chi connectivity index (χ0) is 10.8. The van der Waals surface area contributed by atoms with Crippen LogP contribution in [0.4, 0.5) is 5.69 Å². The monoisotopic (exact) mass is 206 g/mol. The van der Waals surface area contributed by atoms with Gasteiger partial charge in [0.2, 0.25) is 5.76 Å². The molecule has 2 rings (SSSR count). The smallest absolute Gasteiger partial charge is 0.287 e. The summed E-state index contributed by atoms with van der Waals surface area (Å²) in [7, 11) is 0. The van der Waals surface area contributed by atoms with Crippen molar-refractivity contribution >= 4 is 11.6 Å². The number of benzene rings is 1. The first-order valence-corrected chi connectivity index (χ1v) is 4.34. The van der Waals surface area contributed by atoms with Crippen LogP contribution in [0.25, 0.3) is 0 Å². The van der Waals surface area contributed by atoms with Crippen LogP contribution in [0.2, 0.25) is 0 Å². The molecule has 0 saturated heterocycles. The SMILES string of the molecule is NC(=O)C1=COC(c2ccc(N)cc2)O1. The zero-order valence-corrected chi connectivity index (χ0v) is 7.84. The minimum Gasteiger partial charge on any atom is -0.454 e. The van der Waals surface area contributed by atoms with Gasteiger partial charge in [0.1, 0.15) is 6.26 Å². The molecule has 15 heavy (non-hydrogen) atoms. The van der Waals surface area contributed by atoms with Crippen LogP contribution in [-0.2, 0) is 14.3 Å². The second kappa shape index (κ2) is 3.53. The van der Waals surface area contributed by atoms with Crippen LogP contribution in [-0.4, -0.2) is 5.91 Å². The Morgan fingerprint density at radius 2 is 1.93 bits per heavy atom. The summed E-state index contributed by atoms with van der Waals surface area (Å²) in [5.74, 6) is -0.621. The van der Waals surface area contributed by atoms with E-state index in [-0.39, 0.29) is 5.76 Å². The van der Waals surface area contributed by atoms with Crippen molar-refractivity contribution in [3.8, 4) is 0 Å². The van der Waals surface area contributed by atoms with Gasteiger partial charge >= 0.3 is 0 Å². The average molecular weight is 206 g/mol. The molecule has 1 aliphatic heterocycles. The second-order valence-electron chi connectivity index (χ2n) is 3.10. The number of nitrogens with two attached hydrogens (primary N) is 2. The van der Waals surface area contributed by atoms with E-state index in [0.29, 0.717) is 5.69 Å². The van der Waals surface area contributed by atoms with E-state index in [1.54, 1.807) is 24.3 Å². The highest BCUT2D eigenvalue weighted by Gasteiger charge is 2.24. The number of hydrogen-bond donors (Lipinski definition) is 2. The summed E-state index contributed by atoms with van der Waals surface area (Å²) in [6.07, 6.45) is 0.594. The Hall–Kier alpha value is -2.17. The number of carbonyl (C=O) groups excluding carboxylic acids is 1. The highest BCUT2D eigenvalue weighted by molar-refractivity contribution is 5.89. The van der Waals surface area contributed by atoms with Gasteiger partial charge in [-0.05, 0) is 24.3 Å². The van der Waals surface area contributed by atoms with Crippen molar-refractivity contribution in [3.05, 3.63) is 41.9 Å². The number of hydrogen-bond acceptors (Lipinski definition) is 4. The van der Waals surface area contributed by atoms with Gasteiger partial charge in [0.05, 0.1) is 0 Å². The van der Waals surface area contributed by atoms with Gasteiger partial charge in [-0.2, -0.15) is 0 Å². The lowest BCUT2D eigenvalue weighted by Crippen LogP contribution is -2.14. The highest BCUT2D eigenvalue weighted by Crippen LogP contribution is 2.28. The lowest BCUT2D eigenvalue weighted by atomic mass is 10.2. The third-order valence-electron chi connectivity index (χ3n) is 1.98. The summed E-state index contributed by atoms with van der Waals surface area (Å²) in [6, 6.07) is 6.98. The number of ether oxygens (including phenoxy) is 2. The Kier molecular flexibility index (Phi) is 2.21. The van der Waals surface area contributed by atoms with Gasteiger partial charge in [-0.15, -0.1) is 0 Å². The Morgan fingerprint density at radius 3 is 2.47 bits per heavy atom. The lowest BCUT2D eigenvalue weighted by molar-refractivity contribution is -0.120. The quantitative estimate of drug-likeness (QED) is 0.695. The fourth-order valence-corrected chi connectivity index (χ4v) is 1.21. The number of nitrogen functional groups attached to an aromatic ring is 1. The molecule has 1 amide bonds. The number of rotatable bonds is 2. The first kappa shape index (κ1) is 9.39. The molecule has 0 saturated carbocycles. The minimum atomic E-state index is -0.645. The van der Waals surface area contributed by atoms with Crippen molar-refractivity contribution < 1.29 is 14.3 Å². The number of primary amides is 1. The Balaban J connectivity index is 2.10. The van der Waals surface area contributed by atoms with Gasteiger partial charge in [0.15, 0.2) is 0 Å². The third-order valence-corrected chi connectivity index (χ3v) is 1.98. The Labute approximate surface area is 86.3 Å². The predicted octanol–water partition coefficient (Wildman–Crippen LogP) is 0.641. The third kappa shape index (κ3) is 1.85. The first-order valence-electron chi connectivity index (χ1n) is 4.34. The van der Waals surface area contributed by atoms with Crippen LogP contribution in [0.5, 0.6) is 0 Å². The van der Waals surface area contributed by atoms with Gasteiger partial charge in [0, 0.05) is 11.3 Å². The van der Waals surface area contributed by atoms with Gasteiger partial charge in [-0.3, -0.25) is 4.79 Å². The van der Waals surface area contributed by atoms with Crippen LogP contribution >= 0.6 is 0 Å². The summed E-state index contributed by atoms with van der Waals surface area (Å²) in [6.45, 7) is 0. The number of anilines is 1. The normalized spacial score (nSPS) is 18.9. The van der Waals surface area contributed by atoms with Crippen LogP contribution in [0, 0.1) is 0 Å². The van der Waals surface area contributed by atoms with Crippen molar-refractivity contribution in [1.82, 2.24) is 0 Å². The Morgan fingerprint density at radius 1 is 1.27 bits per heavy atom. The van der Waals surface area contributed by atoms with Crippen molar-refractivity contribution in [2.45, 2.75) is 6.29 Å². The molecule has 5 heteroatoms. The van der Waals surface area contributed by atoms with Crippen molar-refractivity contribution in [1.29, 1.82) is 0 Å². The van der Waals surface area contributed by atoms with Crippen molar-refractivity contribution in [3.63, 3.8) is 0 Å². The second-order valence-corrected chi connectivity index (χ2v) is 3.10. The van der Waals surface area contributed by atoms with Crippen molar-refractivity contribution in [2.75, 3.05) is 5.73 Å². The minimum absolute atomic E-state index is 0.0248. The summed E-state index contributed by atoms with van der Waals surface area (Å²) in [5.41, 5.74) is 12.0. The molecule has 0 aliphatic carbocycles. The van der Waals surface area contributed by atoms with E-state index in [2.05, 4.69) is 0 Å². The van der Waals surface area contributed by atoms with Gasteiger partial charge < -0.3 is 20.9 Å². The molecule has 0 fully saturated rings. The molecule has 1 atom stereocenters. The summed E-state index contributed by atoms with van der Waals surface area (Å²) < 4.78 is 10.3. The van der Waals surface area contributed by atoms with Gasteiger partial charge in [-0.1, -0.05) is 0 Å². The largest absolute Gasteiger partial charge is 0.454 e. The lowest BCUT2D eigenvalue weighted by Gasteiger charge is -2.11. The summed E-state index contributed by atoms with van der Waals surface area (Å²) >= 11 is 0. The fourth-order valence-electron chi connectivity index (χ4n) is 1.21. The molecule has 5 nitrogen and oxygen atoms in total. The van der Waals surface area contributed by atoms with Crippen molar-refractivity contribution in [2.24, 2.45) is 5.73 Å². The number of amides is 1. The predicted molar refractivity (Wildman–Crippen MR) is 53.0 cm³/mol. The molecule has 0 radical (unpaired) electrons. The maximum Gasteiger partial charge on any atom is 0.287 e. The van der Waals surface area contributed by atoms with Crippen LogP contribution in [0.1, 0.15) is 11.9 Å². The Bertz CT molecular complexity index is 411. The maximum absolute atomic E-state index is 10.8. The molecule has 0 aromatic heterocycles. The maximum atomic E-state index is 10.8. The van der Waals surface area contributed by atoms with Crippen LogP contribution < -0.4 is 11.5 Å². The molecule has 1 aromatic carbocycles. The van der Waals surface area contributed by atoms with Crippen LogP contribution in [0.3, 0.4) is 0 Å². The van der Waals surface area contributed by atoms with E-state index in [1.165, 1.54) is 6.26 Å². The first-order chi connectivity index (χ1) is 7.16. The van der Waals surface area contributed by atoms with E-state index in [9.17, 15) is 4.79 Å². The molecule has 78 valence electrons. The molecule has 1 heterocycles. The van der Waals surface area contributed by atoms with E-state index < -0.39 is 12.2 Å². The van der Waals surface area contributed by atoms with E-state index in [1.807, 2.05) is 0 Å². The van der Waals surface area contributed by atoms with E-state index in [0.717, 1.165) is 5.56 Å². The van der Waals surface area contributed by atoms with E-state index in [4.69, 9.17) is 20.9 Å². The van der Waals surface area contributed by atoms with Crippen LogP contribution in [0.15, 0.2) is 36.3 Å². The molecule has 4 N–H and O–H groups in total. The molecule has 0 bridgehead atoms. The summed E-state index contributed by atoms with van der Waals surface area (Å²) in [5, 5.41) is 0. The standard InChI is InChI=1S/C10H10N2O3/c11-7-3-1-6(2-4-7)10-14-5-8(15-10)9(12)13/h1-5,10H,11H2,(H2,12,13). The van der Waals surface area contributed by atoms with Gasteiger partial charge in [0.25, 0.3) is 12.2 Å². The fraction of sp³-hybridized carbons (Fsp3) is 0.100. The molecular weight excluding hydrogens is 196 g/mol. The number of carbonyl (C=O) groups is 1. The van der Waals surface area contributed by atoms with E-state index >= 15 is 0 Å². The molecule has 1 aromatic rings. The zero-order valence-electron chi connectivity index (χ0n) is 7.84. The molecular formula is C10H10N2O3. The topological polar surface area (TPSA) is 87.6 Å². The summed E-state index contributed by atoms with van der Waals surface area (Å²) in [4.78, 5) is 10.8. The molecule has 1 unspecified atom stereocenters. The molecule has 0 spiro atoms. The van der Waals surface area contributed by atoms with Gasteiger partial charge in [-0.25, -0.2) is 0 Å². The average Bonchev–Trinajstić information content (AvgIpc) is 2.68. The molecule has 1 aliphatic rings.